The highest BCUT2D eigenvalue weighted by atomic mass is 32.2. The van der Waals surface area contributed by atoms with Gasteiger partial charge in [0.05, 0.1) is 11.5 Å². The quantitative estimate of drug-likeness (QED) is 0.642. The number of fused-ring (bicyclic) bond motifs is 1. The molecule has 7 heteroatoms. The van der Waals surface area contributed by atoms with Crippen molar-refractivity contribution < 1.29 is 13.2 Å². The maximum Gasteiger partial charge on any atom is 0.243 e. The second kappa shape index (κ2) is 8.53. The highest BCUT2D eigenvalue weighted by Crippen LogP contribution is 2.35. The van der Waals surface area contributed by atoms with Crippen LogP contribution in [0, 0.1) is 6.92 Å². The van der Waals surface area contributed by atoms with Gasteiger partial charge in [-0.05, 0) is 69.0 Å². The number of hydrogen-bond acceptors (Lipinski definition) is 5. The zero-order chi connectivity index (χ0) is 19.6. The number of benzene rings is 1. The Morgan fingerprint density at radius 3 is 2.71 bits per heavy atom. The molecule has 1 fully saturated rings. The van der Waals surface area contributed by atoms with Crippen LogP contribution in [0.25, 0.3) is 0 Å². The summed E-state index contributed by atoms with van der Waals surface area (Å²) >= 11 is 1.67. The van der Waals surface area contributed by atoms with Gasteiger partial charge >= 0.3 is 0 Å². The van der Waals surface area contributed by atoms with Crippen molar-refractivity contribution in [1.29, 1.82) is 0 Å². The lowest BCUT2D eigenvalue weighted by atomic mass is 10.1. The fourth-order valence-corrected chi connectivity index (χ4v) is 6.69. The molecule has 152 valence electrons. The third-order valence-corrected chi connectivity index (χ3v) is 8.74. The number of ether oxygens (including phenoxy) is 1. The van der Waals surface area contributed by atoms with Gasteiger partial charge < -0.3 is 9.64 Å². The molecule has 2 aliphatic rings. The SMILES string of the molecule is Cc1ccccc1S(=O)(=O)N1CCc2sc(OCCCN3CCCC3)cc2C1. The van der Waals surface area contributed by atoms with Gasteiger partial charge in [-0.3, -0.25) is 0 Å². The predicted molar refractivity (Wildman–Crippen MR) is 113 cm³/mol. The number of rotatable bonds is 7. The number of nitrogens with zero attached hydrogens (tertiary/aromatic N) is 2. The van der Waals surface area contributed by atoms with Gasteiger partial charge in [-0.1, -0.05) is 18.2 Å². The molecule has 3 heterocycles. The van der Waals surface area contributed by atoms with Crippen LogP contribution in [0.5, 0.6) is 5.06 Å². The molecule has 0 N–H and O–H groups in total. The first-order valence-corrected chi connectivity index (χ1v) is 12.3. The van der Waals surface area contributed by atoms with Crippen molar-refractivity contribution in [3.63, 3.8) is 0 Å². The molecule has 0 unspecified atom stereocenters. The summed E-state index contributed by atoms with van der Waals surface area (Å²) in [5.41, 5.74) is 1.88. The average Bonchev–Trinajstić information content (AvgIpc) is 3.34. The number of hydrogen-bond donors (Lipinski definition) is 0. The summed E-state index contributed by atoms with van der Waals surface area (Å²) in [6, 6.07) is 9.24. The van der Waals surface area contributed by atoms with Crippen molar-refractivity contribution in [3.05, 3.63) is 46.3 Å². The molecule has 1 aromatic heterocycles. The highest BCUT2D eigenvalue weighted by Gasteiger charge is 2.30. The van der Waals surface area contributed by atoms with Crippen molar-refractivity contribution in [1.82, 2.24) is 9.21 Å². The van der Waals surface area contributed by atoms with Gasteiger partial charge in [0.2, 0.25) is 10.0 Å². The molecule has 0 saturated carbocycles. The Kier molecular flexibility index (Phi) is 6.06. The minimum atomic E-state index is -3.46. The Balaban J connectivity index is 1.37. The van der Waals surface area contributed by atoms with Crippen LogP contribution >= 0.6 is 11.3 Å². The average molecular weight is 421 g/mol. The summed E-state index contributed by atoms with van der Waals surface area (Å²) in [4.78, 5) is 4.16. The van der Waals surface area contributed by atoms with Crippen molar-refractivity contribution >= 4 is 21.4 Å². The smallest absolute Gasteiger partial charge is 0.243 e. The highest BCUT2D eigenvalue weighted by molar-refractivity contribution is 7.89. The molecule has 1 aromatic carbocycles. The Morgan fingerprint density at radius 2 is 1.93 bits per heavy atom. The van der Waals surface area contributed by atoms with E-state index in [1.807, 2.05) is 25.1 Å². The monoisotopic (exact) mass is 420 g/mol. The minimum absolute atomic E-state index is 0.409. The molecule has 2 aromatic rings. The van der Waals surface area contributed by atoms with E-state index in [4.69, 9.17) is 4.74 Å². The lowest BCUT2D eigenvalue weighted by molar-refractivity contribution is 0.267. The van der Waals surface area contributed by atoms with Gasteiger partial charge in [0.15, 0.2) is 5.06 Å². The third kappa shape index (κ3) is 4.27. The van der Waals surface area contributed by atoms with Gasteiger partial charge in [0, 0.05) is 24.5 Å². The van der Waals surface area contributed by atoms with E-state index in [1.54, 1.807) is 27.8 Å². The summed E-state index contributed by atoms with van der Waals surface area (Å²) < 4.78 is 33.7. The topological polar surface area (TPSA) is 49.9 Å². The second-order valence-corrected chi connectivity index (χ2v) is 10.6. The number of sulfonamides is 1. The molecular formula is C21H28N2O3S2. The minimum Gasteiger partial charge on any atom is -0.484 e. The lowest BCUT2D eigenvalue weighted by Gasteiger charge is -2.26. The van der Waals surface area contributed by atoms with Gasteiger partial charge in [0.25, 0.3) is 0 Å². The summed E-state index contributed by atoms with van der Waals surface area (Å²) in [7, 11) is -3.46. The molecule has 0 bridgehead atoms. The van der Waals surface area contributed by atoms with Crippen molar-refractivity contribution in [2.24, 2.45) is 0 Å². The van der Waals surface area contributed by atoms with E-state index < -0.39 is 10.0 Å². The normalized spacial score (nSPS) is 18.3. The number of aryl methyl sites for hydroxylation is 1. The van der Waals surface area contributed by atoms with E-state index in [0.717, 1.165) is 42.2 Å². The molecule has 4 rings (SSSR count). The van der Waals surface area contributed by atoms with Crippen LogP contribution in [0.1, 0.15) is 35.3 Å². The molecule has 2 aliphatic heterocycles. The first-order valence-electron chi connectivity index (χ1n) is 10.1. The number of thiophene rings is 1. The zero-order valence-corrected chi connectivity index (χ0v) is 18.0. The van der Waals surface area contributed by atoms with E-state index >= 15 is 0 Å². The van der Waals surface area contributed by atoms with E-state index in [2.05, 4.69) is 4.90 Å². The van der Waals surface area contributed by atoms with E-state index in [1.165, 1.54) is 30.8 Å². The molecule has 1 saturated heterocycles. The van der Waals surface area contributed by atoms with Crippen LogP contribution in [-0.2, 0) is 23.0 Å². The fourth-order valence-electron chi connectivity index (χ4n) is 4.01. The van der Waals surface area contributed by atoms with Crippen LogP contribution in [0.4, 0.5) is 0 Å². The largest absolute Gasteiger partial charge is 0.484 e. The van der Waals surface area contributed by atoms with Crippen molar-refractivity contribution in [2.75, 3.05) is 32.8 Å². The number of likely N-dealkylation sites (tertiary alicyclic amines) is 1. The fraction of sp³-hybridized carbons (Fsp3) is 0.524. The second-order valence-electron chi connectivity index (χ2n) is 7.62. The molecule has 0 atom stereocenters. The van der Waals surface area contributed by atoms with E-state index in [9.17, 15) is 8.42 Å². The van der Waals surface area contributed by atoms with Gasteiger partial charge in [-0.2, -0.15) is 4.31 Å². The van der Waals surface area contributed by atoms with Crippen molar-refractivity contribution in [2.45, 2.75) is 44.0 Å². The van der Waals surface area contributed by atoms with Crippen molar-refractivity contribution in [3.8, 4) is 5.06 Å². The van der Waals surface area contributed by atoms with Crippen LogP contribution < -0.4 is 4.74 Å². The predicted octanol–water partition coefficient (Wildman–Crippen LogP) is 3.67. The van der Waals surface area contributed by atoms with Gasteiger partial charge in [-0.25, -0.2) is 8.42 Å². The molecule has 0 spiro atoms. The third-order valence-electron chi connectivity index (χ3n) is 5.58. The first kappa shape index (κ1) is 19.9. The maximum absolute atomic E-state index is 13.1. The van der Waals surface area contributed by atoms with Crippen LogP contribution in [-0.4, -0.2) is 50.4 Å². The lowest BCUT2D eigenvalue weighted by Crippen LogP contribution is -2.35. The molecule has 0 radical (unpaired) electrons. The van der Waals surface area contributed by atoms with Crippen LogP contribution in [0.3, 0.4) is 0 Å². The Hall–Kier alpha value is -1.41. The summed E-state index contributed by atoms with van der Waals surface area (Å²) in [6.07, 6.45) is 4.43. The van der Waals surface area contributed by atoms with E-state index in [-0.39, 0.29) is 0 Å². The Morgan fingerprint density at radius 1 is 1.14 bits per heavy atom. The molecular weight excluding hydrogens is 392 g/mol. The summed E-state index contributed by atoms with van der Waals surface area (Å²) in [5.74, 6) is 0. The maximum atomic E-state index is 13.1. The Bertz CT molecular complexity index is 917. The summed E-state index contributed by atoms with van der Waals surface area (Å²) in [6.45, 7) is 7.07. The van der Waals surface area contributed by atoms with Crippen LogP contribution in [0.15, 0.2) is 35.2 Å². The van der Waals surface area contributed by atoms with E-state index in [0.29, 0.717) is 18.0 Å². The molecule has 0 aliphatic carbocycles. The zero-order valence-electron chi connectivity index (χ0n) is 16.4. The van der Waals surface area contributed by atoms with Gasteiger partial charge in [-0.15, -0.1) is 11.3 Å². The molecule has 0 amide bonds. The molecule has 28 heavy (non-hydrogen) atoms. The summed E-state index contributed by atoms with van der Waals surface area (Å²) in [5, 5.41) is 0.918. The Labute approximate surface area is 172 Å². The van der Waals surface area contributed by atoms with Crippen LogP contribution in [0.2, 0.25) is 0 Å². The van der Waals surface area contributed by atoms with Gasteiger partial charge in [0.1, 0.15) is 0 Å². The molecule has 5 nitrogen and oxygen atoms in total. The standard InChI is InChI=1S/C21H28N2O3S2/c1-17-7-2-3-8-20(17)28(24,25)23-13-9-19-18(16-23)15-21(27-19)26-14-6-12-22-10-4-5-11-22/h2-3,7-8,15H,4-6,9-14,16H2,1H3. The first-order chi connectivity index (χ1) is 13.5.